The number of carbonyl (C=O) groups is 2. The second-order valence-corrected chi connectivity index (χ2v) is 15.1. The van der Waals surface area contributed by atoms with Crippen molar-refractivity contribution in [3.63, 3.8) is 0 Å². The van der Waals surface area contributed by atoms with Crippen LogP contribution in [0, 0.1) is 0 Å². The highest BCUT2D eigenvalue weighted by atomic mass is 16.5. The van der Waals surface area contributed by atoms with E-state index in [1.807, 2.05) is 12.4 Å². The number of nitrogens with zero attached hydrogens (tertiary/aromatic N) is 6. The predicted molar refractivity (Wildman–Crippen MR) is 218 cm³/mol. The summed E-state index contributed by atoms with van der Waals surface area (Å²) in [4.78, 5) is 49.4. The van der Waals surface area contributed by atoms with Crippen LogP contribution in [0.25, 0.3) is 0 Å². The lowest BCUT2D eigenvalue weighted by Crippen LogP contribution is -2.09. The molecule has 0 bridgehead atoms. The van der Waals surface area contributed by atoms with E-state index in [9.17, 15) is 9.59 Å². The standard InChI is InChI=1S/C23H31N3O2.C23H29N3O2/c2*1-28-23(27)14-19(20-15-24-17-25-16-20)9-4-2-3-5-10-21-13-12-18-8-6-7-11-22(18)26-21/h12-13,15-17,19H,2-11,14H2,1H3;4,9,12-13,15-17,19H,2-3,5-8,10-11,14H2,1H3/b;9-4+/t2*19-/m00/s1. The minimum absolute atomic E-state index is 0.0454. The van der Waals surface area contributed by atoms with Crippen LogP contribution in [-0.4, -0.2) is 56.1 Å². The SMILES string of the molecule is COC(=O)C[C@H](/C=C/CCCCc1ccc2c(n1)CCCC2)c1cncnc1.COC(=O)C[C@H](CCCCCCc1ccc2c(n1)CCCC2)c1cncnc1. The van der Waals surface area contributed by atoms with Gasteiger partial charge in [0.15, 0.2) is 0 Å². The van der Waals surface area contributed by atoms with Gasteiger partial charge in [-0.15, -0.1) is 0 Å². The average Bonchev–Trinajstić information content (AvgIpc) is 3.25. The maximum absolute atomic E-state index is 11.7. The Balaban J connectivity index is 0.000000214. The van der Waals surface area contributed by atoms with E-state index in [1.54, 1.807) is 12.4 Å². The van der Waals surface area contributed by atoms with Crippen LogP contribution in [0.3, 0.4) is 0 Å². The van der Waals surface area contributed by atoms with E-state index < -0.39 is 0 Å². The van der Waals surface area contributed by atoms with Gasteiger partial charge in [0.05, 0.1) is 27.1 Å². The highest BCUT2D eigenvalue weighted by Crippen LogP contribution is 2.27. The third kappa shape index (κ3) is 14.3. The van der Waals surface area contributed by atoms with Crippen LogP contribution in [-0.2, 0) is 57.6 Å². The van der Waals surface area contributed by atoms with E-state index in [0.717, 1.165) is 75.3 Å². The zero-order valence-corrected chi connectivity index (χ0v) is 33.5. The molecule has 0 unspecified atom stereocenters. The number of pyridine rings is 2. The van der Waals surface area contributed by atoms with Crippen molar-refractivity contribution < 1.29 is 19.1 Å². The molecule has 0 radical (unpaired) electrons. The summed E-state index contributed by atoms with van der Waals surface area (Å²) in [6.45, 7) is 0. The van der Waals surface area contributed by atoms with Gasteiger partial charge in [0.2, 0.25) is 0 Å². The Bertz CT molecular complexity index is 1800. The highest BCUT2D eigenvalue weighted by molar-refractivity contribution is 5.71. The molecule has 298 valence electrons. The number of allylic oxidation sites excluding steroid dienone is 2. The number of hydrogen-bond donors (Lipinski definition) is 0. The predicted octanol–water partition coefficient (Wildman–Crippen LogP) is 8.96. The lowest BCUT2D eigenvalue weighted by atomic mass is 9.92. The average molecular weight is 761 g/mol. The summed E-state index contributed by atoms with van der Waals surface area (Å²) in [5.74, 6) is -0.309. The first-order valence-electron chi connectivity index (χ1n) is 20.8. The van der Waals surface area contributed by atoms with Gasteiger partial charge in [-0.25, -0.2) is 19.9 Å². The zero-order chi connectivity index (χ0) is 39.2. The van der Waals surface area contributed by atoms with Crippen LogP contribution in [0.1, 0.15) is 147 Å². The van der Waals surface area contributed by atoms with Gasteiger partial charge in [0.25, 0.3) is 0 Å². The number of carbonyl (C=O) groups excluding carboxylic acids is 2. The van der Waals surface area contributed by atoms with Crippen LogP contribution in [0.15, 0.2) is 73.9 Å². The fourth-order valence-electron chi connectivity index (χ4n) is 7.67. The minimum atomic E-state index is -0.225. The largest absolute Gasteiger partial charge is 0.469 e. The van der Waals surface area contributed by atoms with Gasteiger partial charge in [0, 0.05) is 53.5 Å². The van der Waals surface area contributed by atoms with Gasteiger partial charge < -0.3 is 9.47 Å². The summed E-state index contributed by atoms with van der Waals surface area (Å²) >= 11 is 0. The van der Waals surface area contributed by atoms with E-state index in [1.165, 1.54) is 112 Å². The molecule has 10 heteroatoms. The Labute approximate surface area is 333 Å². The summed E-state index contributed by atoms with van der Waals surface area (Å²) in [5.41, 5.74) is 9.96. The maximum atomic E-state index is 11.7. The van der Waals surface area contributed by atoms with Crippen molar-refractivity contribution in [1.82, 2.24) is 29.9 Å². The molecule has 0 spiro atoms. The molecule has 56 heavy (non-hydrogen) atoms. The van der Waals surface area contributed by atoms with Gasteiger partial charge in [-0.3, -0.25) is 19.6 Å². The molecule has 0 amide bonds. The summed E-state index contributed by atoms with van der Waals surface area (Å²) in [6, 6.07) is 8.97. The van der Waals surface area contributed by atoms with E-state index in [-0.39, 0.29) is 23.8 Å². The molecular formula is C46H60N6O4. The van der Waals surface area contributed by atoms with Crippen LogP contribution < -0.4 is 0 Å². The lowest BCUT2D eigenvalue weighted by molar-refractivity contribution is -0.141. The fraction of sp³-hybridized carbons (Fsp3) is 0.522. The Morgan fingerprint density at radius 1 is 0.625 bits per heavy atom. The molecule has 0 aromatic carbocycles. The molecule has 0 aliphatic heterocycles. The van der Waals surface area contributed by atoms with Crippen molar-refractivity contribution in [2.45, 2.75) is 140 Å². The van der Waals surface area contributed by atoms with E-state index in [4.69, 9.17) is 19.4 Å². The van der Waals surface area contributed by atoms with Crippen LogP contribution in [0.4, 0.5) is 0 Å². The number of ether oxygens (including phenoxy) is 2. The summed E-state index contributed by atoms with van der Waals surface area (Å²) in [7, 11) is 2.86. The van der Waals surface area contributed by atoms with Gasteiger partial charge in [0.1, 0.15) is 12.7 Å². The quantitative estimate of drug-likeness (QED) is 0.0519. The summed E-state index contributed by atoms with van der Waals surface area (Å²) < 4.78 is 9.66. The van der Waals surface area contributed by atoms with Crippen molar-refractivity contribution in [2.24, 2.45) is 0 Å². The van der Waals surface area contributed by atoms with Crippen molar-refractivity contribution in [2.75, 3.05) is 14.2 Å². The minimum Gasteiger partial charge on any atom is -0.469 e. The molecule has 0 saturated heterocycles. The highest BCUT2D eigenvalue weighted by Gasteiger charge is 2.18. The van der Waals surface area contributed by atoms with Gasteiger partial charge in [-0.2, -0.15) is 0 Å². The molecule has 2 atom stereocenters. The Hall–Kier alpha value is -4.86. The van der Waals surface area contributed by atoms with E-state index in [2.05, 4.69) is 56.4 Å². The van der Waals surface area contributed by atoms with Gasteiger partial charge in [-0.1, -0.05) is 43.5 Å². The molecular weight excluding hydrogens is 701 g/mol. The summed E-state index contributed by atoms with van der Waals surface area (Å²) in [6.07, 6.45) is 35.8. The number of aromatic nitrogens is 6. The Morgan fingerprint density at radius 2 is 1.14 bits per heavy atom. The molecule has 2 aliphatic rings. The number of rotatable bonds is 19. The first kappa shape index (κ1) is 42.3. The Morgan fingerprint density at radius 3 is 1.73 bits per heavy atom. The first-order chi connectivity index (χ1) is 27.5. The molecule has 6 rings (SSSR count). The number of esters is 2. The molecule has 4 aromatic rings. The number of fused-ring (bicyclic) bond motifs is 2. The van der Waals surface area contributed by atoms with E-state index >= 15 is 0 Å². The number of aryl methyl sites for hydroxylation is 6. The van der Waals surface area contributed by atoms with Crippen LogP contribution >= 0.6 is 0 Å². The number of methoxy groups -OCH3 is 2. The van der Waals surface area contributed by atoms with Gasteiger partial charge >= 0.3 is 11.9 Å². The van der Waals surface area contributed by atoms with Crippen molar-refractivity contribution in [1.29, 1.82) is 0 Å². The lowest BCUT2D eigenvalue weighted by Gasteiger charge is -2.16. The topological polar surface area (TPSA) is 130 Å². The zero-order valence-electron chi connectivity index (χ0n) is 33.5. The number of hydrogen-bond acceptors (Lipinski definition) is 10. The number of unbranched alkanes of at least 4 members (excludes halogenated alkanes) is 5. The second kappa shape index (κ2) is 23.9. The monoisotopic (exact) mass is 760 g/mol. The van der Waals surface area contributed by atoms with Gasteiger partial charge in [-0.05, 0) is 137 Å². The van der Waals surface area contributed by atoms with Crippen molar-refractivity contribution in [3.05, 3.63) is 119 Å². The van der Waals surface area contributed by atoms with Crippen LogP contribution in [0.5, 0.6) is 0 Å². The molecule has 0 N–H and O–H groups in total. The normalized spacial score (nSPS) is 14.5. The van der Waals surface area contributed by atoms with Crippen molar-refractivity contribution in [3.8, 4) is 0 Å². The third-order valence-corrected chi connectivity index (χ3v) is 10.9. The molecule has 0 saturated carbocycles. The molecule has 10 nitrogen and oxygen atoms in total. The maximum Gasteiger partial charge on any atom is 0.306 e. The smallest absolute Gasteiger partial charge is 0.306 e. The van der Waals surface area contributed by atoms with Crippen LogP contribution in [0.2, 0.25) is 0 Å². The first-order valence-corrected chi connectivity index (χ1v) is 20.8. The fourth-order valence-corrected chi connectivity index (χ4v) is 7.67. The molecule has 2 aliphatic carbocycles. The molecule has 4 heterocycles. The second-order valence-electron chi connectivity index (χ2n) is 15.1. The molecule has 4 aromatic heterocycles. The third-order valence-electron chi connectivity index (χ3n) is 10.9. The molecule has 0 fully saturated rings. The Kier molecular flexibility index (Phi) is 18.1. The van der Waals surface area contributed by atoms with Crippen molar-refractivity contribution >= 4 is 11.9 Å². The van der Waals surface area contributed by atoms with E-state index in [0.29, 0.717) is 12.8 Å². The summed E-state index contributed by atoms with van der Waals surface area (Å²) in [5, 5.41) is 0.